The molecule has 96 valence electrons. The van der Waals surface area contributed by atoms with Crippen LogP contribution in [0.4, 0.5) is 0 Å². The molecule has 0 amide bonds. The Labute approximate surface area is 109 Å². The number of unbranched alkanes of at least 4 members (excludes halogenated alkanes) is 2. The summed E-state index contributed by atoms with van der Waals surface area (Å²) in [5, 5.41) is 12.2. The molecule has 0 aliphatic heterocycles. The molecule has 0 saturated heterocycles. The molecule has 0 aliphatic carbocycles. The Morgan fingerprint density at radius 1 is 1.29 bits per heavy atom. The van der Waals surface area contributed by atoms with Crippen molar-refractivity contribution in [2.75, 3.05) is 6.54 Å². The van der Waals surface area contributed by atoms with E-state index >= 15 is 0 Å². The predicted octanol–water partition coefficient (Wildman–Crippen LogP) is 3.09. The molecule has 0 fully saturated rings. The van der Waals surface area contributed by atoms with Gasteiger partial charge in [0, 0.05) is 6.54 Å². The number of hydrogen-bond donors (Lipinski definition) is 2. The quantitative estimate of drug-likeness (QED) is 0.738. The topological polar surface area (TPSA) is 49.3 Å². The van der Waals surface area contributed by atoms with Gasteiger partial charge in [-0.05, 0) is 24.6 Å². The summed E-state index contributed by atoms with van der Waals surface area (Å²) in [5.41, 5.74) is 1.25. The van der Waals surface area contributed by atoms with Gasteiger partial charge in [-0.25, -0.2) is 4.79 Å². The highest BCUT2D eigenvalue weighted by atomic mass is 35.5. The minimum atomic E-state index is -0.856. The van der Waals surface area contributed by atoms with E-state index in [2.05, 4.69) is 12.2 Å². The lowest BCUT2D eigenvalue weighted by molar-refractivity contribution is 0.0695. The smallest absolute Gasteiger partial charge is 0.336 e. The van der Waals surface area contributed by atoms with Gasteiger partial charge in [-0.3, -0.25) is 0 Å². The maximum absolute atomic E-state index is 10.9. The second-order valence-corrected chi connectivity index (χ2v) is 3.85. The highest BCUT2D eigenvalue weighted by Gasteiger charge is 2.07. The summed E-state index contributed by atoms with van der Waals surface area (Å²) < 4.78 is 0. The molecule has 0 unspecified atom stereocenters. The fourth-order valence-corrected chi connectivity index (χ4v) is 1.61. The SMILES string of the molecule is CCCCCNCc1ccccc1C(=O)O.Cl. The first-order valence-electron chi connectivity index (χ1n) is 5.77. The summed E-state index contributed by atoms with van der Waals surface area (Å²) in [6.45, 7) is 3.74. The van der Waals surface area contributed by atoms with Crippen molar-refractivity contribution in [2.24, 2.45) is 0 Å². The second-order valence-electron chi connectivity index (χ2n) is 3.85. The summed E-state index contributed by atoms with van der Waals surface area (Å²) in [5.74, 6) is -0.856. The third-order valence-corrected chi connectivity index (χ3v) is 2.52. The summed E-state index contributed by atoms with van der Waals surface area (Å²) in [4.78, 5) is 10.9. The molecule has 2 N–H and O–H groups in total. The Hall–Kier alpha value is -1.06. The number of aromatic carboxylic acids is 1. The first kappa shape index (κ1) is 15.9. The van der Waals surface area contributed by atoms with Gasteiger partial charge >= 0.3 is 5.97 Å². The number of halogens is 1. The van der Waals surface area contributed by atoms with Gasteiger partial charge in [0.15, 0.2) is 0 Å². The molecular weight excluding hydrogens is 238 g/mol. The Balaban J connectivity index is 0.00000256. The molecule has 0 aromatic heterocycles. The lowest BCUT2D eigenvalue weighted by Crippen LogP contribution is -2.16. The van der Waals surface area contributed by atoms with Crippen LogP contribution >= 0.6 is 12.4 Å². The molecule has 0 bridgehead atoms. The minimum Gasteiger partial charge on any atom is -0.478 e. The first-order valence-corrected chi connectivity index (χ1v) is 5.77. The van der Waals surface area contributed by atoms with Gasteiger partial charge in [0.2, 0.25) is 0 Å². The number of hydrogen-bond acceptors (Lipinski definition) is 2. The van der Waals surface area contributed by atoms with Crippen molar-refractivity contribution < 1.29 is 9.90 Å². The molecule has 1 rings (SSSR count). The number of benzene rings is 1. The number of nitrogens with one attached hydrogen (secondary N) is 1. The van der Waals surface area contributed by atoms with E-state index in [4.69, 9.17) is 5.11 Å². The van der Waals surface area contributed by atoms with Crippen LogP contribution in [-0.2, 0) is 6.54 Å². The maximum Gasteiger partial charge on any atom is 0.336 e. The van der Waals surface area contributed by atoms with Gasteiger partial charge in [-0.2, -0.15) is 0 Å². The van der Waals surface area contributed by atoms with E-state index in [1.165, 1.54) is 12.8 Å². The van der Waals surface area contributed by atoms with E-state index in [1.54, 1.807) is 12.1 Å². The van der Waals surface area contributed by atoms with E-state index in [9.17, 15) is 4.79 Å². The van der Waals surface area contributed by atoms with Crippen molar-refractivity contribution >= 4 is 18.4 Å². The molecule has 4 heteroatoms. The molecule has 17 heavy (non-hydrogen) atoms. The number of carboxylic acid groups (broad SMARTS) is 1. The average molecular weight is 258 g/mol. The zero-order valence-electron chi connectivity index (χ0n) is 10.1. The Bertz CT molecular complexity index is 342. The Morgan fingerprint density at radius 3 is 2.65 bits per heavy atom. The molecule has 0 saturated carbocycles. The van der Waals surface area contributed by atoms with Crippen molar-refractivity contribution in [3.05, 3.63) is 35.4 Å². The van der Waals surface area contributed by atoms with Crippen molar-refractivity contribution in [1.82, 2.24) is 5.32 Å². The van der Waals surface area contributed by atoms with Crippen LogP contribution in [0.1, 0.15) is 42.1 Å². The van der Waals surface area contributed by atoms with Gasteiger partial charge < -0.3 is 10.4 Å². The molecule has 0 atom stereocenters. The van der Waals surface area contributed by atoms with Crippen LogP contribution in [0.25, 0.3) is 0 Å². The number of carboxylic acids is 1. The van der Waals surface area contributed by atoms with Crippen LogP contribution in [0.2, 0.25) is 0 Å². The normalized spacial score (nSPS) is 9.71. The zero-order valence-corrected chi connectivity index (χ0v) is 10.9. The number of rotatable bonds is 7. The maximum atomic E-state index is 10.9. The average Bonchev–Trinajstić information content (AvgIpc) is 2.29. The minimum absolute atomic E-state index is 0. The van der Waals surface area contributed by atoms with Gasteiger partial charge in [0.05, 0.1) is 5.56 Å². The summed E-state index contributed by atoms with van der Waals surface area (Å²) in [6, 6.07) is 7.13. The molecule has 0 heterocycles. The zero-order chi connectivity index (χ0) is 11.8. The van der Waals surface area contributed by atoms with Crippen LogP contribution in [0, 0.1) is 0 Å². The predicted molar refractivity (Wildman–Crippen MR) is 71.9 cm³/mol. The van der Waals surface area contributed by atoms with Crippen molar-refractivity contribution in [3.63, 3.8) is 0 Å². The fourth-order valence-electron chi connectivity index (χ4n) is 1.61. The summed E-state index contributed by atoms with van der Waals surface area (Å²) >= 11 is 0. The van der Waals surface area contributed by atoms with Crippen LogP contribution in [0.5, 0.6) is 0 Å². The highest BCUT2D eigenvalue weighted by molar-refractivity contribution is 5.89. The summed E-state index contributed by atoms with van der Waals surface area (Å²) in [7, 11) is 0. The van der Waals surface area contributed by atoms with E-state index in [-0.39, 0.29) is 12.4 Å². The highest BCUT2D eigenvalue weighted by Crippen LogP contribution is 2.08. The summed E-state index contributed by atoms with van der Waals surface area (Å²) in [6.07, 6.45) is 3.56. The first-order chi connectivity index (χ1) is 7.75. The third kappa shape index (κ3) is 5.71. The van der Waals surface area contributed by atoms with E-state index in [0.29, 0.717) is 12.1 Å². The monoisotopic (exact) mass is 257 g/mol. The third-order valence-electron chi connectivity index (χ3n) is 2.52. The molecular formula is C13H20ClNO2. The molecule has 0 spiro atoms. The molecule has 3 nitrogen and oxygen atoms in total. The Morgan fingerprint density at radius 2 is 2.00 bits per heavy atom. The fraction of sp³-hybridized carbons (Fsp3) is 0.462. The van der Waals surface area contributed by atoms with Gasteiger partial charge in [-0.15, -0.1) is 12.4 Å². The van der Waals surface area contributed by atoms with Gasteiger partial charge in [-0.1, -0.05) is 38.0 Å². The van der Waals surface area contributed by atoms with E-state index < -0.39 is 5.97 Å². The van der Waals surface area contributed by atoms with E-state index in [0.717, 1.165) is 18.5 Å². The molecule has 1 aromatic rings. The lowest BCUT2D eigenvalue weighted by atomic mass is 10.1. The molecule has 0 radical (unpaired) electrons. The van der Waals surface area contributed by atoms with Gasteiger partial charge in [0.1, 0.15) is 0 Å². The van der Waals surface area contributed by atoms with Crippen LogP contribution in [-0.4, -0.2) is 17.6 Å². The Kier molecular flexibility index (Phi) is 8.46. The van der Waals surface area contributed by atoms with Crippen molar-refractivity contribution in [3.8, 4) is 0 Å². The number of carbonyl (C=O) groups is 1. The molecule has 1 aromatic carbocycles. The van der Waals surface area contributed by atoms with Crippen molar-refractivity contribution in [1.29, 1.82) is 0 Å². The second kappa shape index (κ2) is 9.02. The van der Waals surface area contributed by atoms with E-state index in [1.807, 2.05) is 12.1 Å². The standard InChI is InChI=1S/C13H19NO2.ClH/c1-2-3-6-9-14-10-11-7-4-5-8-12(11)13(15)16;/h4-5,7-8,14H,2-3,6,9-10H2,1H3,(H,15,16);1H. The molecule has 0 aliphatic rings. The van der Waals surface area contributed by atoms with Crippen molar-refractivity contribution in [2.45, 2.75) is 32.7 Å². The largest absolute Gasteiger partial charge is 0.478 e. The van der Waals surface area contributed by atoms with Crippen LogP contribution in [0.3, 0.4) is 0 Å². The van der Waals surface area contributed by atoms with Crippen LogP contribution < -0.4 is 5.32 Å². The lowest BCUT2D eigenvalue weighted by Gasteiger charge is -2.07. The van der Waals surface area contributed by atoms with Gasteiger partial charge in [0.25, 0.3) is 0 Å². The van der Waals surface area contributed by atoms with Crippen LogP contribution in [0.15, 0.2) is 24.3 Å².